The molecule has 112 valence electrons. The number of hydrogen-bond acceptors (Lipinski definition) is 3. The highest BCUT2D eigenvalue weighted by Gasteiger charge is 2.26. The molecule has 1 heterocycles. The van der Waals surface area contributed by atoms with E-state index < -0.39 is 10.0 Å². The summed E-state index contributed by atoms with van der Waals surface area (Å²) in [5.41, 5.74) is 6.50. The molecule has 6 heteroatoms. The van der Waals surface area contributed by atoms with Crippen LogP contribution in [0.3, 0.4) is 0 Å². The summed E-state index contributed by atoms with van der Waals surface area (Å²) < 4.78 is 27.7. The SMILES string of the molecule is NCc1ccc(S(=O)(=O)N2CCCCCCC2)c(Br)c1. The van der Waals surface area contributed by atoms with Gasteiger partial charge < -0.3 is 5.73 Å². The van der Waals surface area contributed by atoms with Crippen LogP contribution in [-0.4, -0.2) is 25.8 Å². The van der Waals surface area contributed by atoms with E-state index in [9.17, 15) is 8.42 Å². The number of nitrogens with two attached hydrogens (primary N) is 1. The van der Waals surface area contributed by atoms with Crippen molar-refractivity contribution in [1.82, 2.24) is 4.31 Å². The number of nitrogens with zero attached hydrogens (tertiary/aromatic N) is 1. The normalized spacial score (nSPS) is 18.5. The van der Waals surface area contributed by atoms with Crippen LogP contribution in [0.1, 0.15) is 37.7 Å². The first kappa shape index (κ1) is 15.9. The smallest absolute Gasteiger partial charge is 0.244 e. The van der Waals surface area contributed by atoms with Gasteiger partial charge in [0.15, 0.2) is 0 Å². The third kappa shape index (κ3) is 3.61. The van der Waals surface area contributed by atoms with Crippen molar-refractivity contribution in [3.8, 4) is 0 Å². The van der Waals surface area contributed by atoms with E-state index in [1.165, 1.54) is 6.42 Å². The maximum Gasteiger partial charge on any atom is 0.244 e. The second kappa shape index (κ2) is 7.02. The summed E-state index contributed by atoms with van der Waals surface area (Å²) in [6, 6.07) is 5.22. The van der Waals surface area contributed by atoms with Gasteiger partial charge in [-0.05, 0) is 46.5 Å². The quantitative estimate of drug-likeness (QED) is 0.901. The van der Waals surface area contributed by atoms with E-state index in [1.54, 1.807) is 22.5 Å². The molecule has 20 heavy (non-hydrogen) atoms. The molecule has 1 aromatic rings. The minimum absolute atomic E-state index is 0.343. The first-order valence-corrected chi connectivity index (χ1v) is 9.27. The molecule has 1 fully saturated rings. The Hall–Kier alpha value is -0.430. The lowest BCUT2D eigenvalue weighted by molar-refractivity contribution is 0.364. The predicted molar refractivity (Wildman–Crippen MR) is 83.9 cm³/mol. The van der Waals surface area contributed by atoms with Gasteiger partial charge in [0.25, 0.3) is 0 Å². The molecule has 0 radical (unpaired) electrons. The lowest BCUT2D eigenvalue weighted by atomic mass is 10.1. The van der Waals surface area contributed by atoms with E-state index >= 15 is 0 Å². The first-order chi connectivity index (χ1) is 9.55. The third-order valence-electron chi connectivity index (χ3n) is 3.66. The van der Waals surface area contributed by atoms with Crippen molar-refractivity contribution in [2.24, 2.45) is 5.73 Å². The van der Waals surface area contributed by atoms with E-state index in [1.807, 2.05) is 0 Å². The minimum Gasteiger partial charge on any atom is -0.326 e. The largest absolute Gasteiger partial charge is 0.326 e. The van der Waals surface area contributed by atoms with Gasteiger partial charge in [0.1, 0.15) is 0 Å². The molecule has 1 aromatic carbocycles. The molecule has 0 saturated carbocycles. The zero-order chi connectivity index (χ0) is 14.6. The highest BCUT2D eigenvalue weighted by molar-refractivity contribution is 9.10. The molecular weight excluding hydrogens is 340 g/mol. The molecule has 0 amide bonds. The highest BCUT2D eigenvalue weighted by Crippen LogP contribution is 2.27. The molecule has 4 nitrogen and oxygen atoms in total. The van der Waals surface area contributed by atoms with Gasteiger partial charge in [-0.2, -0.15) is 4.31 Å². The Balaban J connectivity index is 2.28. The molecule has 1 aliphatic rings. The molecule has 1 aliphatic heterocycles. The van der Waals surface area contributed by atoms with E-state index in [-0.39, 0.29) is 0 Å². The van der Waals surface area contributed by atoms with Gasteiger partial charge in [-0.1, -0.05) is 25.3 Å². The zero-order valence-corrected chi connectivity index (χ0v) is 13.9. The van der Waals surface area contributed by atoms with Crippen molar-refractivity contribution in [2.45, 2.75) is 43.5 Å². The Morgan fingerprint density at radius 1 is 1.10 bits per heavy atom. The molecule has 0 aliphatic carbocycles. The van der Waals surface area contributed by atoms with Crippen molar-refractivity contribution < 1.29 is 8.42 Å². The fourth-order valence-corrected chi connectivity index (χ4v) is 5.08. The molecule has 0 aromatic heterocycles. The topological polar surface area (TPSA) is 63.4 Å². The Bertz CT molecular complexity index is 552. The summed E-state index contributed by atoms with van der Waals surface area (Å²) in [6.45, 7) is 1.64. The van der Waals surface area contributed by atoms with E-state index in [0.29, 0.717) is 29.0 Å². The lowest BCUT2D eigenvalue weighted by Gasteiger charge is -2.24. The van der Waals surface area contributed by atoms with Crippen LogP contribution >= 0.6 is 15.9 Å². The minimum atomic E-state index is -3.41. The van der Waals surface area contributed by atoms with Crippen LogP contribution in [0, 0.1) is 0 Å². The van der Waals surface area contributed by atoms with Crippen molar-refractivity contribution >= 4 is 26.0 Å². The molecule has 2 N–H and O–H groups in total. The summed E-state index contributed by atoms with van der Waals surface area (Å²) in [4.78, 5) is 0.343. The Morgan fingerprint density at radius 2 is 1.70 bits per heavy atom. The fourth-order valence-electron chi connectivity index (χ4n) is 2.48. The molecule has 1 saturated heterocycles. The van der Waals surface area contributed by atoms with Gasteiger partial charge in [-0.3, -0.25) is 0 Å². The second-order valence-corrected chi connectivity index (χ2v) is 7.90. The number of rotatable bonds is 3. The van der Waals surface area contributed by atoms with Crippen LogP contribution in [0.2, 0.25) is 0 Å². The maximum absolute atomic E-state index is 12.7. The van der Waals surface area contributed by atoms with Crippen molar-refractivity contribution in [3.05, 3.63) is 28.2 Å². The average Bonchev–Trinajstić information content (AvgIpc) is 2.37. The fraction of sp³-hybridized carbons (Fsp3) is 0.571. The van der Waals surface area contributed by atoms with Crippen LogP contribution in [0.15, 0.2) is 27.6 Å². The van der Waals surface area contributed by atoms with E-state index in [2.05, 4.69) is 15.9 Å². The van der Waals surface area contributed by atoms with Crippen LogP contribution < -0.4 is 5.73 Å². The molecular formula is C14H21BrN2O2S. The standard InChI is InChI=1S/C14H21BrN2O2S/c15-13-10-12(11-16)6-7-14(13)20(18,19)17-8-4-2-1-3-5-9-17/h6-7,10H,1-5,8-9,11,16H2. The number of halogens is 1. The summed E-state index contributed by atoms with van der Waals surface area (Å²) in [5.74, 6) is 0. The van der Waals surface area contributed by atoms with Gasteiger partial charge in [0.05, 0.1) is 4.90 Å². The lowest BCUT2D eigenvalue weighted by Crippen LogP contribution is -2.34. The van der Waals surface area contributed by atoms with Crippen molar-refractivity contribution in [3.63, 3.8) is 0 Å². The number of benzene rings is 1. The zero-order valence-electron chi connectivity index (χ0n) is 11.5. The van der Waals surface area contributed by atoms with Crippen molar-refractivity contribution in [1.29, 1.82) is 0 Å². The average molecular weight is 361 g/mol. The summed E-state index contributed by atoms with van der Waals surface area (Å²) in [5, 5.41) is 0. The monoisotopic (exact) mass is 360 g/mol. The van der Waals surface area contributed by atoms with Gasteiger partial charge >= 0.3 is 0 Å². The maximum atomic E-state index is 12.7. The summed E-state index contributed by atoms with van der Waals surface area (Å²) in [6.07, 6.45) is 5.32. The number of hydrogen-bond donors (Lipinski definition) is 1. The van der Waals surface area contributed by atoms with E-state index in [4.69, 9.17) is 5.73 Å². The van der Waals surface area contributed by atoms with Crippen LogP contribution in [-0.2, 0) is 16.6 Å². The molecule has 0 unspecified atom stereocenters. The van der Waals surface area contributed by atoms with Gasteiger partial charge in [0.2, 0.25) is 10.0 Å². The molecule has 0 atom stereocenters. The molecule has 2 rings (SSSR count). The molecule has 0 spiro atoms. The van der Waals surface area contributed by atoms with Crippen LogP contribution in [0.5, 0.6) is 0 Å². The Labute approximate surface area is 129 Å². The second-order valence-electron chi connectivity index (χ2n) is 5.14. The third-order valence-corrected chi connectivity index (χ3v) is 6.54. The Morgan fingerprint density at radius 3 is 2.25 bits per heavy atom. The van der Waals surface area contributed by atoms with Crippen LogP contribution in [0.25, 0.3) is 0 Å². The molecule has 0 bridgehead atoms. The van der Waals surface area contributed by atoms with Gasteiger partial charge in [-0.15, -0.1) is 0 Å². The number of sulfonamides is 1. The Kier molecular flexibility index (Phi) is 5.60. The summed E-state index contributed by atoms with van der Waals surface area (Å²) >= 11 is 3.36. The summed E-state index contributed by atoms with van der Waals surface area (Å²) in [7, 11) is -3.41. The van der Waals surface area contributed by atoms with E-state index in [0.717, 1.165) is 31.2 Å². The van der Waals surface area contributed by atoms with Crippen LogP contribution in [0.4, 0.5) is 0 Å². The highest BCUT2D eigenvalue weighted by atomic mass is 79.9. The predicted octanol–water partition coefficient (Wildman–Crippen LogP) is 2.86. The van der Waals surface area contributed by atoms with Crippen molar-refractivity contribution in [2.75, 3.05) is 13.1 Å². The first-order valence-electron chi connectivity index (χ1n) is 7.04. The van der Waals surface area contributed by atoms with Gasteiger partial charge in [0, 0.05) is 24.1 Å². The van der Waals surface area contributed by atoms with Gasteiger partial charge in [-0.25, -0.2) is 8.42 Å².